The minimum Gasteiger partial charge on any atom is -0.309 e. The Morgan fingerprint density at radius 2 is 1.41 bits per heavy atom. The number of imide groups is 2. The predicted molar refractivity (Wildman–Crippen MR) is 152 cm³/mol. The number of amides is 4. The number of carbonyl (C=O) groups is 3. The van der Waals surface area contributed by atoms with Crippen molar-refractivity contribution >= 4 is 35.5 Å². The maximum absolute atomic E-state index is 13.6. The second kappa shape index (κ2) is 10.4. The van der Waals surface area contributed by atoms with Crippen LogP contribution in [0.4, 0.5) is 4.79 Å². The van der Waals surface area contributed by atoms with E-state index < -0.39 is 17.8 Å². The van der Waals surface area contributed by atoms with Gasteiger partial charge >= 0.3 is 6.03 Å². The highest BCUT2D eigenvalue weighted by Gasteiger charge is 2.41. The van der Waals surface area contributed by atoms with Crippen LogP contribution in [0.2, 0.25) is 5.02 Å². The Kier molecular flexibility index (Phi) is 6.63. The van der Waals surface area contributed by atoms with Gasteiger partial charge in [-0.05, 0) is 60.4 Å². The standard InChI is InChI=1S/C32H26ClN3O3/c33-24-15-17-26(18-16-24)35-28(21-9-3-1-4-10-21)20-23(29(35)22-11-5-2-6-12-22)19-27-30(37)34-32(39)36(31(27)38)25-13-7-8-14-25/h1-6,9-12,15-20,25H,7-8,13-14H2,(H,34,37,39)/b27-19-. The molecule has 3 aromatic carbocycles. The van der Waals surface area contributed by atoms with Gasteiger partial charge in [-0.1, -0.05) is 85.1 Å². The van der Waals surface area contributed by atoms with Crippen molar-refractivity contribution in [3.63, 3.8) is 0 Å². The number of nitrogens with one attached hydrogen (secondary N) is 1. The number of rotatable bonds is 5. The van der Waals surface area contributed by atoms with Crippen LogP contribution in [0.1, 0.15) is 31.2 Å². The molecular formula is C32H26ClN3O3. The summed E-state index contributed by atoms with van der Waals surface area (Å²) >= 11 is 6.23. The van der Waals surface area contributed by atoms with E-state index >= 15 is 0 Å². The fraction of sp³-hybridized carbons (Fsp3) is 0.156. The van der Waals surface area contributed by atoms with Gasteiger partial charge in [-0.25, -0.2) is 4.79 Å². The van der Waals surface area contributed by atoms with Crippen LogP contribution in [0, 0.1) is 0 Å². The first-order valence-corrected chi connectivity index (χ1v) is 13.4. The van der Waals surface area contributed by atoms with E-state index in [-0.39, 0.29) is 11.6 Å². The van der Waals surface area contributed by atoms with Crippen molar-refractivity contribution < 1.29 is 14.4 Å². The number of halogens is 1. The highest BCUT2D eigenvalue weighted by molar-refractivity contribution is 6.31. The number of hydrogen-bond acceptors (Lipinski definition) is 3. The normalized spacial score (nSPS) is 17.2. The van der Waals surface area contributed by atoms with Gasteiger partial charge in [-0.2, -0.15) is 0 Å². The molecule has 0 atom stereocenters. The second-order valence-corrected chi connectivity index (χ2v) is 10.2. The third kappa shape index (κ3) is 4.68. The zero-order valence-electron chi connectivity index (χ0n) is 21.1. The molecule has 2 fully saturated rings. The van der Waals surface area contributed by atoms with E-state index in [4.69, 9.17) is 11.6 Å². The van der Waals surface area contributed by atoms with Gasteiger partial charge in [-0.15, -0.1) is 0 Å². The third-order valence-electron chi connectivity index (χ3n) is 7.35. The Labute approximate surface area is 231 Å². The summed E-state index contributed by atoms with van der Waals surface area (Å²) in [7, 11) is 0. The zero-order valence-corrected chi connectivity index (χ0v) is 21.9. The van der Waals surface area contributed by atoms with Crippen LogP contribution in [0.25, 0.3) is 34.3 Å². The van der Waals surface area contributed by atoms with E-state index in [1.165, 1.54) is 4.90 Å². The monoisotopic (exact) mass is 535 g/mol. The molecule has 1 aliphatic carbocycles. The summed E-state index contributed by atoms with van der Waals surface area (Å²) in [6, 6.07) is 28.5. The quantitative estimate of drug-likeness (QED) is 0.224. The summed E-state index contributed by atoms with van der Waals surface area (Å²) in [6.45, 7) is 0. The molecule has 4 amide bonds. The highest BCUT2D eigenvalue weighted by Crippen LogP contribution is 2.38. The van der Waals surface area contributed by atoms with Gasteiger partial charge in [0.2, 0.25) is 0 Å². The largest absolute Gasteiger partial charge is 0.331 e. The Morgan fingerprint density at radius 1 is 0.795 bits per heavy atom. The lowest BCUT2D eigenvalue weighted by molar-refractivity contribution is -0.131. The summed E-state index contributed by atoms with van der Waals surface area (Å²) in [6.07, 6.45) is 5.03. The Hall–Kier alpha value is -4.42. The van der Waals surface area contributed by atoms with Crippen LogP contribution in [-0.2, 0) is 9.59 Å². The molecule has 1 saturated carbocycles. The van der Waals surface area contributed by atoms with Crippen LogP contribution in [0.5, 0.6) is 0 Å². The molecule has 0 bridgehead atoms. The van der Waals surface area contributed by atoms with Crippen molar-refractivity contribution in [3.8, 4) is 28.2 Å². The highest BCUT2D eigenvalue weighted by atomic mass is 35.5. The lowest BCUT2D eigenvalue weighted by Crippen LogP contribution is -2.57. The lowest BCUT2D eigenvalue weighted by Gasteiger charge is -2.31. The fourth-order valence-corrected chi connectivity index (χ4v) is 5.66. The number of nitrogens with zero attached hydrogens (tertiary/aromatic N) is 2. The first kappa shape index (κ1) is 24.9. The number of hydrogen-bond donors (Lipinski definition) is 1. The minimum absolute atomic E-state index is 0.0495. The molecule has 7 heteroatoms. The van der Waals surface area contributed by atoms with Crippen LogP contribution in [0.3, 0.4) is 0 Å². The minimum atomic E-state index is -0.682. The topological polar surface area (TPSA) is 71.4 Å². The van der Waals surface area contributed by atoms with Crippen LogP contribution >= 0.6 is 11.6 Å². The fourth-order valence-electron chi connectivity index (χ4n) is 5.53. The molecule has 0 radical (unpaired) electrons. The number of benzene rings is 3. The van der Waals surface area contributed by atoms with Gasteiger partial charge in [-0.3, -0.25) is 19.8 Å². The van der Waals surface area contributed by atoms with Crippen molar-refractivity contribution in [2.75, 3.05) is 0 Å². The Bertz CT molecular complexity index is 1590. The van der Waals surface area contributed by atoms with Crippen molar-refractivity contribution in [1.82, 2.24) is 14.8 Å². The Balaban J connectivity index is 1.59. The van der Waals surface area contributed by atoms with E-state index in [0.717, 1.165) is 53.9 Å². The molecule has 1 aliphatic heterocycles. The first-order chi connectivity index (χ1) is 19.0. The van der Waals surface area contributed by atoms with E-state index in [1.807, 2.05) is 91.0 Å². The van der Waals surface area contributed by atoms with Gasteiger partial charge in [0.15, 0.2) is 0 Å². The van der Waals surface area contributed by atoms with Gasteiger partial charge < -0.3 is 4.57 Å². The molecule has 1 aromatic heterocycles. The van der Waals surface area contributed by atoms with Crippen LogP contribution in [-0.4, -0.2) is 33.4 Å². The summed E-state index contributed by atoms with van der Waals surface area (Å²) in [5, 5.41) is 3.02. The van der Waals surface area contributed by atoms with Crippen molar-refractivity contribution in [2.24, 2.45) is 0 Å². The molecular weight excluding hydrogens is 510 g/mol. The molecule has 1 N–H and O–H groups in total. The molecule has 6 nitrogen and oxygen atoms in total. The summed E-state index contributed by atoms with van der Waals surface area (Å²) in [5.74, 6) is -1.23. The smallest absolute Gasteiger partial charge is 0.309 e. The lowest BCUT2D eigenvalue weighted by atomic mass is 10.0. The molecule has 0 unspecified atom stereocenters. The molecule has 6 rings (SSSR count). The molecule has 1 saturated heterocycles. The second-order valence-electron chi connectivity index (χ2n) is 9.81. The van der Waals surface area contributed by atoms with Crippen LogP contribution in [0.15, 0.2) is 96.6 Å². The molecule has 39 heavy (non-hydrogen) atoms. The van der Waals surface area contributed by atoms with Gasteiger partial charge in [0.1, 0.15) is 5.57 Å². The molecule has 2 heterocycles. The number of aromatic nitrogens is 1. The number of urea groups is 1. The number of barbiturate groups is 1. The maximum atomic E-state index is 13.6. The SMILES string of the molecule is O=C1NC(=O)N(C2CCCC2)C(=O)/C1=C\c1cc(-c2ccccc2)n(-c2ccc(Cl)cc2)c1-c1ccccc1. The average Bonchev–Trinajstić information content (AvgIpc) is 3.61. The van der Waals surface area contributed by atoms with Gasteiger partial charge in [0.05, 0.1) is 11.4 Å². The van der Waals surface area contributed by atoms with Crippen molar-refractivity contribution in [1.29, 1.82) is 0 Å². The Morgan fingerprint density at radius 3 is 2.05 bits per heavy atom. The summed E-state index contributed by atoms with van der Waals surface area (Å²) in [4.78, 5) is 40.5. The van der Waals surface area contributed by atoms with Gasteiger partial charge in [0.25, 0.3) is 11.8 Å². The average molecular weight is 536 g/mol. The summed E-state index contributed by atoms with van der Waals surface area (Å²) < 4.78 is 2.11. The van der Waals surface area contributed by atoms with E-state index in [1.54, 1.807) is 6.08 Å². The predicted octanol–water partition coefficient (Wildman–Crippen LogP) is 6.87. The molecule has 0 spiro atoms. The molecule has 2 aliphatic rings. The molecule has 4 aromatic rings. The van der Waals surface area contributed by atoms with Crippen molar-refractivity contribution in [2.45, 2.75) is 31.7 Å². The third-order valence-corrected chi connectivity index (χ3v) is 7.61. The zero-order chi connectivity index (χ0) is 26.9. The maximum Gasteiger partial charge on any atom is 0.331 e. The number of carbonyl (C=O) groups excluding carboxylic acids is 3. The first-order valence-electron chi connectivity index (χ1n) is 13.0. The summed E-state index contributed by atoms with van der Waals surface area (Å²) in [5.41, 5.74) is 5.10. The van der Waals surface area contributed by atoms with Crippen molar-refractivity contribution in [3.05, 3.63) is 107 Å². The van der Waals surface area contributed by atoms with E-state index in [0.29, 0.717) is 10.6 Å². The van der Waals surface area contributed by atoms with Crippen LogP contribution < -0.4 is 5.32 Å². The van der Waals surface area contributed by atoms with E-state index in [9.17, 15) is 14.4 Å². The van der Waals surface area contributed by atoms with Gasteiger partial charge in [0, 0.05) is 22.3 Å². The molecule has 194 valence electrons. The van der Waals surface area contributed by atoms with E-state index in [2.05, 4.69) is 9.88 Å².